The molecule has 2 amide bonds. The maximum atomic E-state index is 12.5. The molecule has 54 heavy (non-hydrogen) atoms. The van der Waals surface area contributed by atoms with Crippen molar-refractivity contribution in [2.45, 2.75) is 101 Å². The molecule has 2 aliphatic rings. The highest BCUT2D eigenvalue weighted by Crippen LogP contribution is 2.48. The van der Waals surface area contributed by atoms with E-state index in [4.69, 9.17) is 4.74 Å². The third-order valence-electron chi connectivity index (χ3n) is 9.52. The first-order valence-corrected chi connectivity index (χ1v) is 20.8. The van der Waals surface area contributed by atoms with Crippen LogP contribution in [0.25, 0.3) is 0 Å². The summed E-state index contributed by atoms with van der Waals surface area (Å²) >= 11 is 0. The first-order chi connectivity index (χ1) is 25.0. The van der Waals surface area contributed by atoms with Crippen LogP contribution in [0.3, 0.4) is 0 Å². The Morgan fingerprint density at radius 3 is 2.11 bits per heavy atom. The molecule has 0 unspecified atom stereocenters. The number of hydrogen-bond donors (Lipinski definition) is 4. The van der Waals surface area contributed by atoms with Crippen molar-refractivity contribution in [2.24, 2.45) is 0 Å². The summed E-state index contributed by atoms with van der Waals surface area (Å²) in [7, 11) is -8.81. The fourth-order valence-electron chi connectivity index (χ4n) is 6.91. The minimum atomic E-state index is -4.45. The number of nitrogens with zero attached hydrogens (tertiary/aromatic N) is 2. The van der Waals surface area contributed by atoms with Gasteiger partial charge < -0.3 is 20.3 Å². The molecule has 0 aliphatic carbocycles. The molecule has 2 aliphatic heterocycles. The number of alkyl carbamates (subject to hydrolysis) is 1. The van der Waals surface area contributed by atoms with Crippen LogP contribution in [-0.2, 0) is 40.6 Å². The van der Waals surface area contributed by atoms with Crippen molar-refractivity contribution in [3.63, 3.8) is 0 Å². The van der Waals surface area contributed by atoms with E-state index in [1.165, 1.54) is 24.3 Å². The fraction of sp³-hybridized carbons (Fsp3) is 0.462. The molecule has 0 saturated carbocycles. The molecule has 0 saturated heterocycles. The van der Waals surface area contributed by atoms with E-state index in [9.17, 15) is 35.5 Å². The van der Waals surface area contributed by atoms with E-state index in [-0.39, 0.29) is 35.2 Å². The second kappa shape index (κ2) is 16.2. The summed E-state index contributed by atoms with van der Waals surface area (Å²) in [5.41, 5.74) is 3.41. The van der Waals surface area contributed by atoms with Crippen molar-refractivity contribution >= 4 is 49.3 Å². The molecule has 0 bridgehead atoms. The Balaban J connectivity index is 1.49. The van der Waals surface area contributed by atoms with E-state index in [0.29, 0.717) is 31.6 Å². The van der Waals surface area contributed by atoms with Crippen LogP contribution in [0.1, 0.15) is 85.8 Å². The molecule has 0 radical (unpaired) electrons. The number of rotatable bonds is 14. The average molecular weight is 786 g/mol. The summed E-state index contributed by atoms with van der Waals surface area (Å²) in [5.74, 6) is -0.158. The van der Waals surface area contributed by atoms with Crippen molar-refractivity contribution < 1.29 is 44.8 Å². The molecular weight excluding hydrogens is 733 g/mol. The van der Waals surface area contributed by atoms with Crippen molar-refractivity contribution in [3.05, 3.63) is 83.6 Å². The summed E-state index contributed by atoms with van der Waals surface area (Å²) in [4.78, 5) is 26.0. The SMILES string of the molecule is CC[N+]1=C(/C=C/C=C/C=C2\N(CCCCC(=O)NCCNC(=O)OC(C)(C)C)c3cc(S(=O)(=O)O)ccc3C2(C)C)C(C)(C)c2cc(S(=O)(=O)O)ccc21. The van der Waals surface area contributed by atoms with Crippen LogP contribution in [0.4, 0.5) is 16.2 Å². The van der Waals surface area contributed by atoms with Gasteiger partial charge in [-0.3, -0.25) is 13.9 Å². The first-order valence-electron chi connectivity index (χ1n) is 17.9. The zero-order chi connectivity index (χ0) is 40.3. The van der Waals surface area contributed by atoms with Gasteiger partial charge in [0.25, 0.3) is 20.2 Å². The van der Waals surface area contributed by atoms with Gasteiger partial charge in [0, 0.05) is 60.6 Å². The average Bonchev–Trinajstić information content (AvgIpc) is 3.40. The molecule has 4 N–H and O–H groups in total. The maximum absolute atomic E-state index is 12.5. The van der Waals surface area contributed by atoms with Gasteiger partial charge >= 0.3 is 6.09 Å². The standard InChI is InChI=1S/C39H52N4O9S2/c1-9-42-31-21-19-27(53(46,47)48)25-30(31)39(7,8)33(42)15-11-10-12-16-34-38(5,6)29-20-18-28(54(49,50)51)26-32(29)43(34)24-14-13-17-35(44)40-22-23-41-36(45)52-37(2,3)4/h10-12,15-16,18-21,25-26H,9,13-14,17,22-24H2,1-8H3,(H3-,40,41,44,45,46,47,48,49,50,51)/p+1. The molecule has 0 atom stereocenters. The van der Waals surface area contributed by atoms with Gasteiger partial charge in [0.2, 0.25) is 11.6 Å². The molecule has 0 fully saturated rings. The summed E-state index contributed by atoms with van der Waals surface area (Å²) < 4.78 is 74.6. The summed E-state index contributed by atoms with van der Waals surface area (Å²) in [6.07, 6.45) is 10.5. The number of carbonyl (C=O) groups excluding carboxylic acids is 2. The number of nitrogens with one attached hydrogen (secondary N) is 2. The highest BCUT2D eigenvalue weighted by atomic mass is 32.2. The quantitative estimate of drug-likeness (QED) is 0.0747. The van der Waals surface area contributed by atoms with Crippen LogP contribution in [0.15, 0.2) is 82.3 Å². The minimum absolute atomic E-state index is 0.150. The summed E-state index contributed by atoms with van der Waals surface area (Å²) in [6.45, 7) is 17.0. The third-order valence-corrected chi connectivity index (χ3v) is 11.2. The van der Waals surface area contributed by atoms with Gasteiger partial charge in [-0.1, -0.05) is 38.1 Å². The van der Waals surface area contributed by atoms with Gasteiger partial charge in [-0.05, 0) is 90.3 Å². The zero-order valence-corrected chi connectivity index (χ0v) is 33.9. The molecule has 4 rings (SSSR count). The largest absolute Gasteiger partial charge is 0.444 e. The van der Waals surface area contributed by atoms with E-state index in [1.807, 2.05) is 69.9 Å². The van der Waals surface area contributed by atoms with Crippen LogP contribution in [0.5, 0.6) is 0 Å². The lowest BCUT2D eigenvalue weighted by Crippen LogP contribution is -2.37. The molecule has 294 valence electrons. The third kappa shape index (κ3) is 9.86. The second-order valence-corrected chi connectivity index (χ2v) is 18.2. The Bertz CT molecular complexity index is 2130. The van der Waals surface area contributed by atoms with Gasteiger partial charge in [0.05, 0.1) is 15.2 Å². The van der Waals surface area contributed by atoms with Crippen LogP contribution in [-0.4, -0.2) is 80.0 Å². The van der Waals surface area contributed by atoms with Crippen LogP contribution < -0.4 is 15.5 Å². The smallest absolute Gasteiger partial charge is 0.407 e. The molecule has 2 aromatic rings. The molecular formula is C39H53N4O9S2+. The van der Waals surface area contributed by atoms with E-state index in [2.05, 4.69) is 15.2 Å². The highest BCUT2D eigenvalue weighted by molar-refractivity contribution is 7.86. The number of allylic oxidation sites excluding steroid dienone is 6. The highest BCUT2D eigenvalue weighted by Gasteiger charge is 2.44. The molecule has 0 spiro atoms. The maximum Gasteiger partial charge on any atom is 0.407 e. The van der Waals surface area contributed by atoms with E-state index >= 15 is 0 Å². The Morgan fingerprint density at radius 2 is 1.48 bits per heavy atom. The fourth-order valence-corrected chi connectivity index (χ4v) is 7.91. The van der Waals surface area contributed by atoms with Crippen LogP contribution >= 0.6 is 0 Å². The number of carbonyl (C=O) groups is 2. The molecule has 15 heteroatoms. The molecule has 0 aromatic heterocycles. The number of amides is 2. The first kappa shape index (κ1) is 42.4. The van der Waals surface area contributed by atoms with Gasteiger partial charge in [0.15, 0.2) is 5.71 Å². The van der Waals surface area contributed by atoms with Gasteiger partial charge in [0.1, 0.15) is 12.1 Å². The van der Waals surface area contributed by atoms with E-state index < -0.39 is 42.8 Å². The van der Waals surface area contributed by atoms with Crippen molar-refractivity contribution in [2.75, 3.05) is 31.1 Å². The Hall–Kier alpha value is -4.31. The summed E-state index contributed by atoms with van der Waals surface area (Å²) in [5, 5.41) is 5.40. The van der Waals surface area contributed by atoms with Gasteiger partial charge in [-0.25, -0.2) is 4.79 Å². The van der Waals surface area contributed by atoms with E-state index in [0.717, 1.165) is 28.2 Å². The van der Waals surface area contributed by atoms with E-state index in [1.54, 1.807) is 32.9 Å². The predicted octanol–water partition coefficient (Wildman–Crippen LogP) is 6.18. The Kier molecular flexibility index (Phi) is 12.7. The number of unbranched alkanes of at least 4 members (excludes halogenated alkanes) is 1. The molecule has 2 heterocycles. The lowest BCUT2D eigenvalue weighted by atomic mass is 9.81. The van der Waals surface area contributed by atoms with Gasteiger partial charge in [-0.2, -0.15) is 21.4 Å². The Morgan fingerprint density at radius 1 is 0.852 bits per heavy atom. The number of ether oxygens (including phenoxy) is 1. The zero-order valence-electron chi connectivity index (χ0n) is 32.3. The lowest BCUT2D eigenvalue weighted by molar-refractivity contribution is -0.433. The Labute approximate surface area is 319 Å². The van der Waals surface area contributed by atoms with Crippen molar-refractivity contribution in [1.82, 2.24) is 10.6 Å². The predicted molar refractivity (Wildman–Crippen MR) is 209 cm³/mol. The topological polar surface area (TPSA) is 182 Å². The normalized spacial score (nSPS) is 17.4. The van der Waals surface area contributed by atoms with Crippen LogP contribution in [0.2, 0.25) is 0 Å². The number of benzene rings is 2. The monoisotopic (exact) mass is 785 g/mol. The van der Waals surface area contributed by atoms with Crippen LogP contribution in [0, 0.1) is 0 Å². The number of hydrogen-bond acceptors (Lipinski definition) is 8. The van der Waals surface area contributed by atoms with Gasteiger partial charge in [-0.15, -0.1) is 0 Å². The van der Waals surface area contributed by atoms with Crippen molar-refractivity contribution in [3.8, 4) is 0 Å². The lowest BCUT2D eigenvalue weighted by Gasteiger charge is -2.27. The number of fused-ring (bicyclic) bond motifs is 2. The summed E-state index contributed by atoms with van der Waals surface area (Å²) in [6, 6.07) is 9.24. The number of anilines is 1. The molecule has 2 aromatic carbocycles. The second-order valence-electron chi connectivity index (χ2n) is 15.4. The minimum Gasteiger partial charge on any atom is -0.444 e. The molecule has 13 nitrogen and oxygen atoms in total. The van der Waals surface area contributed by atoms with Crippen molar-refractivity contribution in [1.29, 1.82) is 0 Å².